The van der Waals surface area contributed by atoms with Crippen LogP contribution in [0.2, 0.25) is 0 Å². The Labute approximate surface area is 122 Å². The number of rotatable bonds is 2. The second kappa shape index (κ2) is 6.13. The van der Waals surface area contributed by atoms with Gasteiger partial charge in [0.2, 0.25) is 0 Å². The Morgan fingerprint density at radius 3 is 2.79 bits per heavy atom. The van der Waals surface area contributed by atoms with Crippen LogP contribution in [0.5, 0.6) is 0 Å². The minimum absolute atomic E-state index is 0.417. The summed E-state index contributed by atoms with van der Waals surface area (Å²) in [7, 11) is 0. The molecule has 1 unspecified atom stereocenters. The lowest BCUT2D eigenvalue weighted by Gasteiger charge is -2.30. The van der Waals surface area contributed by atoms with Gasteiger partial charge in [0.1, 0.15) is 0 Å². The highest BCUT2D eigenvalue weighted by Gasteiger charge is 2.27. The lowest BCUT2D eigenvalue weighted by Crippen LogP contribution is -2.26. The van der Waals surface area contributed by atoms with Gasteiger partial charge in [-0.2, -0.15) is 0 Å². The third kappa shape index (κ3) is 3.62. The number of hydrogen-bond acceptors (Lipinski definition) is 2. The van der Waals surface area contributed by atoms with Crippen LogP contribution in [0.4, 0.5) is 5.69 Å². The molecule has 19 heavy (non-hydrogen) atoms. The van der Waals surface area contributed by atoms with Gasteiger partial charge >= 0.3 is 0 Å². The van der Waals surface area contributed by atoms with Crippen molar-refractivity contribution in [1.82, 2.24) is 4.98 Å². The van der Waals surface area contributed by atoms with E-state index in [1.165, 1.54) is 30.5 Å². The minimum Gasteiger partial charge on any atom is -0.370 e. The van der Waals surface area contributed by atoms with Crippen molar-refractivity contribution < 1.29 is 0 Å². The van der Waals surface area contributed by atoms with Crippen LogP contribution in [0, 0.1) is 11.3 Å². The van der Waals surface area contributed by atoms with E-state index in [0.717, 1.165) is 19.0 Å². The fraction of sp³-hybridized carbons (Fsp3) is 0.688. The van der Waals surface area contributed by atoms with Gasteiger partial charge in [0.25, 0.3) is 0 Å². The molecule has 0 saturated carbocycles. The zero-order chi connectivity index (χ0) is 13.9. The van der Waals surface area contributed by atoms with Crippen LogP contribution in [0.15, 0.2) is 18.5 Å². The maximum absolute atomic E-state index is 6.04. The van der Waals surface area contributed by atoms with Crippen molar-refractivity contribution in [3.8, 4) is 0 Å². The van der Waals surface area contributed by atoms with Gasteiger partial charge in [-0.3, -0.25) is 4.98 Å². The summed E-state index contributed by atoms with van der Waals surface area (Å²) in [6.07, 6.45) is 7.65. The Morgan fingerprint density at radius 2 is 2.11 bits per heavy atom. The molecule has 2 nitrogen and oxygen atoms in total. The van der Waals surface area contributed by atoms with E-state index in [1.807, 2.05) is 18.5 Å². The van der Waals surface area contributed by atoms with Crippen molar-refractivity contribution in [3.63, 3.8) is 0 Å². The molecule has 2 heterocycles. The molecule has 1 atom stereocenters. The van der Waals surface area contributed by atoms with Crippen molar-refractivity contribution in [3.05, 3.63) is 24.0 Å². The molecule has 106 valence electrons. The highest BCUT2D eigenvalue weighted by atomic mass is 35.5. The number of hydrogen-bond donors (Lipinski definition) is 0. The SMILES string of the molecule is CC(C)(C)C1CCCN(c2cnccc2CCl)CC1. The first-order valence-corrected chi connectivity index (χ1v) is 7.79. The zero-order valence-electron chi connectivity index (χ0n) is 12.3. The Morgan fingerprint density at radius 1 is 1.32 bits per heavy atom. The lowest BCUT2D eigenvalue weighted by molar-refractivity contribution is 0.220. The Bertz CT molecular complexity index is 411. The molecule has 0 amide bonds. The molecule has 1 aliphatic heterocycles. The normalized spacial score (nSPS) is 21.3. The standard InChI is InChI=1S/C16H25ClN2/c1-16(2,3)14-5-4-9-19(10-7-14)15-12-18-8-6-13(15)11-17/h6,8,12,14H,4-5,7,9-11H2,1-3H3. The number of nitrogens with zero attached hydrogens (tertiary/aromatic N) is 2. The van der Waals surface area contributed by atoms with Gasteiger partial charge in [0.05, 0.1) is 11.9 Å². The molecule has 0 spiro atoms. The van der Waals surface area contributed by atoms with Crippen LogP contribution in [0.1, 0.15) is 45.6 Å². The number of anilines is 1. The fourth-order valence-corrected chi connectivity index (χ4v) is 3.24. The first-order chi connectivity index (χ1) is 9.02. The highest BCUT2D eigenvalue weighted by molar-refractivity contribution is 6.17. The first-order valence-electron chi connectivity index (χ1n) is 7.26. The van der Waals surface area contributed by atoms with E-state index in [2.05, 4.69) is 30.7 Å². The number of halogens is 1. The minimum atomic E-state index is 0.417. The van der Waals surface area contributed by atoms with Crippen LogP contribution in [-0.2, 0) is 5.88 Å². The van der Waals surface area contributed by atoms with E-state index in [9.17, 15) is 0 Å². The molecule has 1 aromatic heterocycles. The van der Waals surface area contributed by atoms with Gasteiger partial charge < -0.3 is 4.90 Å². The largest absolute Gasteiger partial charge is 0.370 e. The Balaban J connectivity index is 2.11. The maximum Gasteiger partial charge on any atom is 0.0597 e. The van der Waals surface area contributed by atoms with E-state index >= 15 is 0 Å². The molecule has 0 radical (unpaired) electrons. The maximum atomic E-state index is 6.04. The van der Waals surface area contributed by atoms with Crippen LogP contribution < -0.4 is 4.90 Å². The molecule has 3 heteroatoms. The molecule has 1 aromatic rings. The lowest BCUT2D eigenvalue weighted by atomic mass is 9.77. The molecule has 0 bridgehead atoms. The third-order valence-corrected chi connectivity index (χ3v) is 4.61. The molecular weight excluding hydrogens is 256 g/mol. The van der Waals surface area contributed by atoms with Crippen molar-refractivity contribution in [2.24, 2.45) is 11.3 Å². The summed E-state index contributed by atoms with van der Waals surface area (Å²) in [5, 5.41) is 0. The monoisotopic (exact) mass is 280 g/mol. The first kappa shape index (κ1) is 14.6. The molecule has 0 N–H and O–H groups in total. The topological polar surface area (TPSA) is 16.1 Å². The molecule has 1 fully saturated rings. The Kier molecular flexibility index (Phi) is 4.72. The average molecular weight is 281 g/mol. The summed E-state index contributed by atoms with van der Waals surface area (Å²) < 4.78 is 0. The zero-order valence-corrected chi connectivity index (χ0v) is 13.1. The van der Waals surface area contributed by atoms with Gasteiger partial charge in [-0.25, -0.2) is 0 Å². The predicted molar refractivity (Wildman–Crippen MR) is 82.8 cm³/mol. The number of alkyl halides is 1. The molecular formula is C16H25ClN2. The van der Waals surface area contributed by atoms with Crippen LogP contribution in [0.3, 0.4) is 0 Å². The summed E-state index contributed by atoms with van der Waals surface area (Å²) in [6, 6.07) is 2.04. The van der Waals surface area contributed by atoms with Crippen LogP contribution in [-0.4, -0.2) is 18.1 Å². The quantitative estimate of drug-likeness (QED) is 0.743. The van der Waals surface area contributed by atoms with Gasteiger partial charge in [-0.15, -0.1) is 11.6 Å². The molecule has 2 rings (SSSR count). The summed E-state index contributed by atoms with van der Waals surface area (Å²) >= 11 is 6.04. The highest BCUT2D eigenvalue weighted by Crippen LogP contribution is 2.35. The van der Waals surface area contributed by atoms with Crippen molar-refractivity contribution in [1.29, 1.82) is 0 Å². The van der Waals surface area contributed by atoms with Crippen LogP contribution >= 0.6 is 11.6 Å². The van der Waals surface area contributed by atoms with Gasteiger partial charge in [-0.1, -0.05) is 20.8 Å². The van der Waals surface area contributed by atoms with Gasteiger partial charge in [0, 0.05) is 25.2 Å². The van der Waals surface area contributed by atoms with Crippen molar-refractivity contribution in [2.75, 3.05) is 18.0 Å². The summed E-state index contributed by atoms with van der Waals surface area (Å²) in [5.41, 5.74) is 2.85. The molecule has 0 aromatic carbocycles. The van der Waals surface area contributed by atoms with Crippen molar-refractivity contribution in [2.45, 2.75) is 45.9 Å². The second-order valence-electron chi connectivity index (χ2n) is 6.62. The van der Waals surface area contributed by atoms with E-state index in [4.69, 9.17) is 11.6 Å². The number of aromatic nitrogens is 1. The van der Waals surface area contributed by atoms with Crippen molar-refractivity contribution >= 4 is 17.3 Å². The molecule has 1 aliphatic rings. The summed E-state index contributed by atoms with van der Waals surface area (Å²) in [4.78, 5) is 6.74. The van der Waals surface area contributed by atoms with Gasteiger partial charge in [0.15, 0.2) is 0 Å². The second-order valence-corrected chi connectivity index (χ2v) is 6.89. The van der Waals surface area contributed by atoms with E-state index < -0.39 is 0 Å². The van der Waals surface area contributed by atoms with Gasteiger partial charge in [-0.05, 0) is 42.2 Å². The smallest absolute Gasteiger partial charge is 0.0597 e. The predicted octanol–water partition coefficient (Wildman–Crippen LogP) is 4.47. The number of pyridine rings is 1. The molecule has 1 saturated heterocycles. The third-order valence-electron chi connectivity index (χ3n) is 4.33. The average Bonchev–Trinajstić information content (AvgIpc) is 2.64. The Hall–Kier alpha value is -0.760. The molecule has 0 aliphatic carbocycles. The van der Waals surface area contributed by atoms with E-state index in [0.29, 0.717) is 11.3 Å². The van der Waals surface area contributed by atoms with E-state index in [-0.39, 0.29) is 0 Å². The van der Waals surface area contributed by atoms with E-state index in [1.54, 1.807) is 0 Å². The van der Waals surface area contributed by atoms with Crippen LogP contribution in [0.25, 0.3) is 0 Å². The summed E-state index contributed by atoms with van der Waals surface area (Å²) in [5.74, 6) is 1.38. The summed E-state index contributed by atoms with van der Waals surface area (Å²) in [6.45, 7) is 9.34. The fourth-order valence-electron chi connectivity index (χ4n) is 3.02.